The Bertz CT molecular complexity index is 1060. The largest absolute Gasteiger partial charge is 0.494 e. The predicted molar refractivity (Wildman–Crippen MR) is 117 cm³/mol. The highest BCUT2D eigenvalue weighted by Crippen LogP contribution is 2.29. The van der Waals surface area contributed by atoms with Gasteiger partial charge in [-0.2, -0.15) is 5.26 Å². The Balaban J connectivity index is 1.66. The SMILES string of the molecule is COc1cc([N+](=O)[O-])ccc1NC(=O)/C(C#N)=C\N1CCN(c2cccc(Cl)c2)CC1. The van der Waals surface area contributed by atoms with Crippen LogP contribution in [0.5, 0.6) is 5.75 Å². The Morgan fingerprint density at radius 1 is 1.26 bits per heavy atom. The molecule has 31 heavy (non-hydrogen) atoms. The van der Waals surface area contributed by atoms with Gasteiger partial charge in [-0.05, 0) is 24.3 Å². The zero-order chi connectivity index (χ0) is 22.4. The summed E-state index contributed by atoms with van der Waals surface area (Å²) in [5, 5.41) is 23.6. The number of halogens is 1. The molecule has 2 aromatic carbocycles. The topological polar surface area (TPSA) is 112 Å². The third kappa shape index (κ3) is 5.43. The number of amides is 1. The number of hydrogen-bond donors (Lipinski definition) is 1. The number of piperazine rings is 1. The van der Waals surface area contributed by atoms with E-state index >= 15 is 0 Å². The molecule has 1 fully saturated rings. The molecule has 0 aliphatic carbocycles. The van der Waals surface area contributed by atoms with Crippen LogP contribution in [0, 0.1) is 21.4 Å². The second-order valence-electron chi connectivity index (χ2n) is 6.75. The number of nitrogens with one attached hydrogen (secondary N) is 1. The van der Waals surface area contributed by atoms with Gasteiger partial charge in [0.1, 0.15) is 17.4 Å². The fourth-order valence-electron chi connectivity index (χ4n) is 3.19. The lowest BCUT2D eigenvalue weighted by Crippen LogP contribution is -2.44. The van der Waals surface area contributed by atoms with Crippen LogP contribution in [0.3, 0.4) is 0 Å². The van der Waals surface area contributed by atoms with Crippen LogP contribution in [0.25, 0.3) is 0 Å². The van der Waals surface area contributed by atoms with E-state index in [1.807, 2.05) is 35.2 Å². The van der Waals surface area contributed by atoms with Crippen molar-refractivity contribution in [2.45, 2.75) is 0 Å². The molecule has 9 nitrogen and oxygen atoms in total. The van der Waals surface area contributed by atoms with Crippen molar-refractivity contribution < 1.29 is 14.5 Å². The van der Waals surface area contributed by atoms with E-state index in [-0.39, 0.29) is 22.7 Å². The van der Waals surface area contributed by atoms with Crippen molar-refractivity contribution in [3.63, 3.8) is 0 Å². The first-order valence-electron chi connectivity index (χ1n) is 9.41. The van der Waals surface area contributed by atoms with E-state index in [4.69, 9.17) is 16.3 Å². The van der Waals surface area contributed by atoms with Crippen molar-refractivity contribution >= 4 is 34.6 Å². The number of rotatable bonds is 6. The third-order valence-corrected chi connectivity index (χ3v) is 5.04. The van der Waals surface area contributed by atoms with Crippen molar-refractivity contribution in [2.24, 2.45) is 0 Å². The first-order valence-corrected chi connectivity index (χ1v) is 9.79. The fourth-order valence-corrected chi connectivity index (χ4v) is 3.37. The quantitative estimate of drug-likeness (QED) is 0.316. The van der Waals surface area contributed by atoms with Gasteiger partial charge in [-0.15, -0.1) is 0 Å². The molecular formula is C21H20ClN5O4. The molecule has 0 unspecified atom stereocenters. The van der Waals surface area contributed by atoms with Gasteiger partial charge in [-0.25, -0.2) is 0 Å². The summed E-state index contributed by atoms with van der Waals surface area (Å²) < 4.78 is 5.12. The van der Waals surface area contributed by atoms with Crippen LogP contribution in [0.1, 0.15) is 0 Å². The molecule has 0 aromatic heterocycles. The molecule has 0 atom stereocenters. The number of nitrogens with zero attached hydrogens (tertiary/aromatic N) is 4. The van der Waals surface area contributed by atoms with Gasteiger partial charge in [-0.3, -0.25) is 14.9 Å². The van der Waals surface area contributed by atoms with E-state index in [2.05, 4.69) is 10.2 Å². The lowest BCUT2D eigenvalue weighted by molar-refractivity contribution is -0.384. The van der Waals surface area contributed by atoms with E-state index in [1.165, 1.54) is 31.5 Å². The van der Waals surface area contributed by atoms with Gasteiger partial charge >= 0.3 is 0 Å². The van der Waals surface area contributed by atoms with Gasteiger partial charge in [-0.1, -0.05) is 17.7 Å². The molecule has 0 spiro atoms. The minimum absolute atomic E-state index is 0.0726. The van der Waals surface area contributed by atoms with Crippen molar-refractivity contribution in [1.29, 1.82) is 5.26 Å². The van der Waals surface area contributed by atoms with Gasteiger partial charge in [0.05, 0.1) is 23.8 Å². The van der Waals surface area contributed by atoms with Crippen molar-refractivity contribution in [3.8, 4) is 11.8 Å². The van der Waals surface area contributed by atoms with Crippen LogP contribution < -0.4 is 15.0 Å². The fraction of sp³-hybridized carbons (Fsp3) is 0.238. The molecule has 2 aromatic rings. The molecule has 0 bridgehead atoms. The average Bonchev–Trinajstić information content (AvgIpc) is 2.77. The number of methoxy groups -OCH3 is 1. The van der Waals surface area contributed by atoms with Crippen molar-refractivity contribution in [2.75, 3.05) is 43.5 Å². The summed E-state index contributed by atoms with van der Waals surface area (Å²) in [6, 6.07) is 13.4. The minimum Gasteiger partial charge on any atom is -0.494 e. The van der Waals surface area contributed by atoms with E-state index in [1.54, 1.807) is 0 Å². The Morgan fingerprint density at radius 3 is 2.61 bits per heavy atom. The Morgan fingerprint density at radius 2 is 2.00 bits per heavy atom. The van der Waals surface area contributed by atoms with Crippen LogP contribution >= 0.6 is 11.6 Å². The number of anilines is 2. The normalized spacial score (nSPS) is 14.0. The van der Waals surface area contributed by atoms with Gasteiger partial charge in [0.2, 0.25) is 0 Å². The summed E-state index contributed by atoms with van der Waals surface area (Å²) in [4.78, 5) is 27.0. The summed E-state index contributed by atoms with van der Waals surface area (Å²) in [6.07, 6.45) is 1.53. The minimum atomic E-state index is -0.619. The molecule has 3 rings (SSSR count). The number of nitro groups is 1. The summed E-state index contributed by atoms with van der Waals surface area (Å²) in [5.41, 5.74) is 1.03. The molecule has 0 radical (unpaired) electrons. The maximum Gasteiger partial charge on any atom is 0.273 e. The van der Waals surface area contributed by atoms with Crippen LogP contribution in [-0.4, -0.2) is 49.0 Å². The van der Waals surface area contributed by atoms with E-state index < -0.39 is 10.8 Å². The molecule has 1 aliphatic heterocycles. The first kappa shape index (κ1) is 21.9. The van der Waals surface area contributed by atoms with E-state index in [9.17, 15) is 20.2 Å². The molecule has 160 valence electrons. The van der Waals surface area contributed by atoms with Gasteiger partial charge in [0.25, 0.3) is 11.6 Å². The maximum atomic E-state index is 12.6. The molecule has 10 heteroatoms. The van der Waals surface area contributed by atoms with Crippen LogP contribution in [0.15, 0.2) is 54.2 Å². The molecule has 0 saturated carbocycles. The average molecular weight is 442 g/mol. The maximum absolute atomic E-state index is 12.6. The third-order valence-electron chi connectivity index (χ3n) is 4.81. The van der Waals surface area contributed by atoms with Gasteiger partial charge in [0.15, 0.2) is 0 Å². The Labute approximate surface area is 184 Å². The molecule has 1 amide bonds. The number of benzene rings is 2. The standard InChI is InChI=1S/C21H20ClN5O4/c1-31-20-12-18(27(29)30)5-6-19(20)24-21(28)15(13-23)14-25-7-9-26(10-8-25)17-4-2-3-16(22)11-17/h2-6,11-12,14H,7-10H2,1H3,(H,24,28)/b15-14-. The first-order chi connectivity index (χ1) is 14.9. The van der Waals surface area contributed by atoms with Crippen LogP contribution in [-0.2, 0) is 4.79 Å². The number of carbonyl (C=O) groups is 1. The smallest absolute Gasteiger partial charge is 0.273 e. The number of hydrogen-bond acceptors (Lipinski definition) is 7. The second-order valence-corrected chi connectivity index (χ2v) is 7.19. The molecule has 1 saturated heterocycles. The monoisotopic (exact) mass is 441 g/mol. The lowest BCUT2D eigenvalue weighted by atomic mass is 10.2. The van der Waals surface area contributed by atoms with E-state index in [0.717, 1.165) is 5.69 Å². The summed E-state index contributed by atoms with van der Waals surface area (Å²) >= 11 is 6.06. The second kappa shape index (κ2) is 9.82. The van der Waals surface area contributed by atoms with Gasteiger partial charge < -0.3 is 19.9 Å². The number of nitriles is 1. The predicted octanol–water partition coefficient (Wildman–Crippen LogP) is 3.42. The summed E-state index contributed by atoms with van der Waals surface area (Å²) in [6.45, 7) is 2.69. The summed E-state index contributed by atoms with van der Waals surface area (Å²) in [7, 11) is 1.34. The molecule has 1 heterocycles. The highest BCUT2D eigenvalue weighted by Gasteiger charge is 2.19. The van der Waals surface area contributed by atoms with Crippen molar-refractivity contribution in [1.82, 2.24) is 4.90 Å². The highest BCUT2D eigenvalue weighted by atomic mass is 35.5. The van der Waals surface area contributed by atoms with Crippen molar-refractivity contribution in [3.05, 3.63) is 69.4 Å². The highest BCUT2D eigenvalue weighted by molar-refractivity contribution is 6.30. The van der Waals surface area contributed by atoms with Crippen LogP contribution in [0.2, 0.25) is 5.02 Å². The van der Waals surface area contributed by atoms with E-state index in [0.29, 0.717) is 31.2 Å². The Kier molecular flexibility index (Phi) is 6.95. The number of non-ortho nitro benzene ring substituents is 1. The number of ether oxygens (including phenoxy) is 1. The summed E-state index contributed by atoms with van der Waals surface area (Å²) in [5.74, 6) is -0.484. The zero-order valence-electron chi connectivity index (χ0n) is 16.7. The Hall–Kier alpha value is -3.77. The van der Waals surface area contributed by atoms with Gasteiger partial charge in [0, 0.05) is 49.2 Å². The van der Waals surface area contributed by atoms with Crippen LogP contribution in [0.4, 0.5) is 17.1 Å². The molecule has 1 N–H and O–H groups in total. The lowest BCUT2D eigenvalue weighted by Gasteiger charge is -2.35. The number of nitro benzene ring substituents is 1. The zero-order valence-corrected chi connectivity index (χ0v) is 17.5. The molecular weight excluding hydrogens is 422 g/mol. The molecule has 1 aliphatic rings. The number of carbonyl (C=O) groups excluding carboxylic acids is 1.